The first-order valence-corrected chi connectivity index (χ1v) is 12.5. The molecule has 0 unspecified atom stereocenters. The van der Waals surface area contributed by atoms with E-state index in [0.717, 1.165) is 36.2 Å². The monoisotopic (exact) mass is 459 g/mol. The van der Waals surface area contributed by atoms with Crippen LogP contribution in [0.4, 0.5) is 13.2 Å². The highest BCUT2D eigenvalue weighted by Crippen LogP contribution is 2.42. The molecule has 0 aliphatic heterocycles. The normalized spacial score (nSPS) is 26.5. The molecule has 3 rings (SSSR count). The first kappa shape index (κ1) is 25.4. The summed E-state index contributed by atoms with van der Waals surface area (Å²) in [6, 6.07) is 8.30. The van der Waals surface area contributed by atoms with Crippen LogP contribution >= 0.6 is 0 Å². The molecule has 2 aliphatic carbocycles. The maximum atomic E-state index is 12.2. The standard InChI is InChI=1S/C28H36F3NO/c29-28(30,31)33-27-19-13-24(14-20-27)8-4-3-7-23-11-17-26(18-12-23)25-15-9-22(10-16-25)6-2-1-5-21-32/h1-2,5-6,13-14,19-20,22-23,25-26H,3-4,7-12,15-18H2. The quantitative estimate of drug-likeness (QED) is 0.210. The summed E-state index contributed by atoms with van der Waals surface area (Å²) in [5.41, 5.74) is 1.07. The van der Waals surface area contributed by atoms with Crippen LogP contribution in [0.5, 0.6) is 5.75 Å². The summed E-state index contributed by atoms with van der Waals surface area (Å²) in [5.74, 6) is 3.17. The van der Waals surface area contributed by atoms with E-state index in [1.807, 2.05) is 18.2 Å². The molecule has 2 saturated carbocycles. The minimum atomic E-state index is -4.63. The number of alkyl halides is 3. The van der Waals surface area contributed by atoms with Gasteiger partial charge in [-0.1, -0.05) is 56.0 Å². The van der Waals surface area contributed by atoms with Crippen LogP contribution in [0, 0.1) is 35.0 Å². The molecule has 2 aliphatic rings. The van der Waals surface area contributed by atoms with Gasteiger partial charge in [-0.05, 0) is 92.7 Å². The van der Waals surface area contributed by atoms with Crippen molar-refractivity contribution in [2.75, 3.05) is 0 Å². The van der Waals surface area contributed by atoms with E-state index in [1.165, 1.54) is 82.4 Å². The fourth-order valence-corrected chi connectivity index (χ4v) is 5.70. The second-order valence-corrected chi connectivity index (χ2v) is 9.77. The molecule has 33 heavy (non-hydrogen) atoms. The molecular weight excluding hydrogens is 423 g/mol. The van der Waals surface area contributed by atoms with E-state index in [9.17, 15) is 13.2 Å². The predicted molar refractivity (Wildman–Crippen MR) is 125 cm³/mol. The van der Waals surface area contributed by atoms with Gasteiger partial charge in [-0.3, -0.25) is 0 Å². The largest absolute Gasteiger partial charge is 0.573 e. The van der Waals surface area contributed by atoms with Crippen LogP contribution in [-0.2, 0) is 6.42 Å². The lowest BCUT2D eigenvalue weighted by atomic mass is 9.68. The van der Waals surface area contributed by atoms with Gasteiger partial charge < -0.3 is 4.74 Å². The topological polar surface area (TPSA) is 33.0 Å². The van der Waals surface area contributed by atoms with Gasteiger partial charge in [0.05, 0.1) is 6.07 Å². The van der Waals surface area contributed by atoms with E-state index in [4.69, 9.17) is 5.26 Å². The molecule has 1 aromatic rings. The van der Waals surface area contributed by atoms with Crippen molar-refractivity contribution in [2.45, 2.75) is 83.4 Å². The minimum Gasteiger partial charge on any atom is -0.406 e. The summed E-state index contributed by atoms with van der Waals surface area (Å²) in [5, 5.41) is 8.54. The zero-order valence-corrected chi connectivity index (χ0v) is 19.4. The third-order valence-electron chi connectivity index (χ3n) is 7.52. The number of hydrogen-bond donors (Lipinski definition) is 0. The van der Waals surface area contributed by atoms with Crippen LogP contribution in [0.2, 0.25) is 0 Å². The Morgan fingerprint density at radius 2 is 1.52 bits per heavy atom. The molecule has 0 amide bonds. The molecule has 0 N–H and O–H groups in total. The molecule has 1 aromatic carbocycles. The zero-order chi connectivity index (χ0) is 23.5. The lowest BCUT2D eigenvalue weighted by Crippen LogP contribution is -2.25. The van der Waals surface area contributed by atoms with Gasteiger partial charge in [0.25, 0.3) is 0 Å². The van der Waals surface area contributed by atoms with Gasteiger partial charge in [-0.25, -0.2) is 0 Å². The van der Waals surface area contributed by atoms with Crippen molar-refractivity contribution in [3.05, 3.63) is 54.1 Å². The molecule has 180 valence electrons. The van der Waals surface area contributed by atoms with E-state index >= 15 is 0 Å². The Morgan fingerprint density at radius 3 is 2.12 bits per heavy atom. The Morgan fingerprint density at radius 1 is 0.879 bits per heavy atom. The number of halogens is 3. The van der Waals surface area contributed by atoms with Crippen LogP contribution in [0.1, 0.15) is 76.2 Å². The van der Waals surface area contributed by atoms with E-state index in [-0.39, 0.29) is 5.75 Å². The highest BCUT2D eigenvalue weighted by molar-refractivity contribution is 5.27. The SMILES string of the molecule is N#CC=CC=CC1CCC(C2CCC(CCCCc3ccc(OC(F)(F)F)cc3)CC2)CC1. The summed E-state index contributed by atoms with van der Waals surface area (Å²) < 4.78 is 40.6. The zero-order valence-electron chi connectivity index (χ0n) is 19.4. The van der Waals surface area contributed by atoms with Gasteiger partial charge in [0, 0.05) is 6.08 Å². The number of rotatable bonds is 9. The summed E-state index contributed by atoms with van der Waals surface area (Å²) in [7, 11) is 0. The highest BCUT2D eigenvalue weighted by atomic mass is 19.4. The van der Waals surface area contributed by atoms with Gasteiger partial charge in [-0.2, -0.15) is 5.26 Å². The Kier molecular flexibility index (Phi) is 9.91. The maximum Gasteiger partial charge on any atom is 0.573 e. The maximum absolute atomic E-state index is 12.2. The summed E-state index contributed by atoms with van der Waals surface area (Å²) in [6.07, 6.45) is 18.2. The predicted octanol–water partition coefficient (Wildman–Crippen LogP) is 8.55. The van der Waals surface area contributed by atoms with Crippen LogP contribution < -0.4 is 4.74 Å². The van der Waals surface area contributed by atoms with Crippen molar-refractivity contribution < 1.29 is 17.9 Å². The van der Waals surface area contributed by atoms with Crippen molar-refractivity contribution in [3.63, 3.8) is 0 Å². The van der Waals surface area contributed by atoms with Gasteiger partial charge in [0.1, 0.15) is 5.75 Å². The van der Waals surface area contributed by atoms with E-state index in [1.54, 1.807) is 12.1 Å². The number of aryl methyl sites for hydroxylation is 1. The first-order chi connectivity index (χ1) is 15.9. The van der Waals surface area contributed by atoms with Crippen molar-refractivity contribution in [2.24, 2.45) is 23.7 Å². The fraction of sp³-hybridized carbons (Fsp3) is 0.607. The number of nitrogens with zero attached hydrogens (tertiary/aromatic N) is 1. The molecule has 5 heteroatoms. The summed E-state index contributed by atoms with van der Waals surface area (Å²) in [6.45, 7) is 0. The van der Waals surface area contributed by atoms with Crippen LogP contribution in [0.25, 0.3) is 0 Å². The molecule has 2 nitrogen and oxygen atoms in total. The molecule has 0 aromatic heterocycles. The molecule has 0 saturated heterocycles. The van der Waals surface area contributed by atoms with Crippen LogP contribution in [-0.4, -0.2) is 6.36 Å². The summed E-state index contributed by atoms with van der Waals surface area (Å²) >= 11 is 0. The molecule has 0 radical (unpaired) electrons. The number of hydrogen-bond acceptors (Lipinski definition) is 2. The van der Waals surface area contributed by atoms with Crippen molar-refractivity contribution in [1.82, 2.24) is 0 Å². The Labute approximate surface area is 196 Å². The third kappa shape index (κ3) is 9.27. The van der Waals surface area contributed by atoms with Crippen molar-refractivity contribution in [3.8, 4) is 11.8 Å². The van der Waals surface area contributed by atoms with Crippen molar-refractivity contribution in [1.29, 1.82) is 5.26 Å². The van der Waals surface area contributed by atoms with Crippen LogP contribution in [0.3, 0.4) is 0 Å². The second-order valence-electron chi connectivity index (χ2n) is 9.77. The third-order valence-corrected chi connectivity index (χ3v) is 7.52. The Balaban J connectivity index is 1.27. The van der Waals surface area contributed by atoms with E-state index in [0.29, 0.717) is 5.92 Å². The molecule has 0 heterocycles. The Bertz CT molecular complexity index is 790. The lowest BCUT2D eigenvalue weighted by molar-refractivity contribution is -0.274. The van der Waals surface area contributed by atoms with Crippen molar-refractivity contribution >= 4 is 0 Å². The molecule has 0 atom stereocenters. The lowest BCUT2D eigenvalue weighted by Gasteiger charge is -2.37. The summed E-state index contributed by atoms with van der Waals surface area (Å²) in [4.78, 5) is 0. The fourth-order valence-electron chi connectivity index (χ4n) is 5.70. The average molecular weight is 460 g/mol. The molecular formula is C28H36F3NO. The number of benzene rings is 1. The van der Waals surface area contributed by atoms with Crippen LogP contribution in [0.15, 0.2) is 48.6 Å². The second kappa shape index (κ2) is 12.9. The molecule has 0 bridgehead atoms. The number of ether oxygens (including phenoxy) is 1. The van der Waals surface area contributed by atoms with E-state index in [2.05, 4.69) is 10.8 Å². The smallest absolute Gasteiger partial charge is 0.406 e. The van der Waals surface area contributed by atoms with Gasteiger partial charge >= 0.3 is 6.36 Å². The molecule has 0 spiro atoms. The minimum absolute atomic E-state index is 0.152. The van der Waals surface area contributed by atoms with Gasteiger partial charge in [0.15, 0.2) is 0 Å². The van der Waals surface area contributed by atoms with Gasteiger partial charge in [-0.15, -0.1) is 13.2 Å². The highest BCUT2D eigenvalue weighted by Gasteiger charge is 2.31. The Hall–Kier alpha value is -2.22. The van der Waals surface area contributed by atoms with Gasteiger partial charge in [0.2, 0.25) is 0 Å². The average Bonchev–Trinajstić information content (AvgIpc) is 2.81. The first-order valence-electron chi connectivity index (χ1n) is 12.5. The number of unbranched alkanes of at least 4 members (excludes halogenated alkanes) is 1. The number of nitriles is 1. The molecule has 2 fully saturated rings. The number of allylic oxidation sites excluding steroid dienone is 4. The van der Waals surface area contributed by atoms with E-state index < -0.39 is 6.36 Å².